The van der Waals surface area contributed by atoms with Crippen LogP contribution in [0, 0.1) is 12.7 Å². The van der Waals surface area contributed by atoms with Crippen molar-refractivity contribution in [1.82, 2.24) is 15.3 Å². The lowest BCUT2D eigenvalue weighted by molar-refractivity contribution is 0.0966. The summed E-state index contributed by atoms with van der Waals surface area (Å²) in [5, 5.41) is 8.14. The molecule has 0 spiro atoms. The third kappa shape index (κ3) is 4.19. The van der Waals surface area contributed by atoms with E-state index < -0.39 is 11.8 Å². The quantitative estimate of drug-likeness (QED) is 0.325. The summed E-state index contributed by atoms with van der Waals surface area (Å²) in [5.41, 5.74) is 4.43. The molecule has 0 radical (unpaired) electrons. The summed E-state index contributed by atoms with van der Waals surface area (Å²) in [5.74, 6) is 0.346. The fourth-order valence-electron chi connectivity index (χ4n) is 4.19. The Morgan fingerprint density at radius 3 is 2.57 bits per heavy atom. The summed E-state index contributed by atoms with van der Waals surface area (Å²) in [4.78, 5) is 32.5. The van der Waals surface area contributed by atoms with Gasteiger partial charge in [-0.2, -0.15) is 0 Å². The number of anilines is 2. The fraction of sp³-hybridized carbons (Fsp3) is 0.115. The summed E-state index contributed by atoms with van der Waals surface area (Å²) in [7, 11) is 1.51. The number of nitrogens with one attached hydrogen (secondary N) is 4. The minimum atomic E-state index is -0.532. The number of aryl methyl sites for hydroxylation is 1. The number of aromatic amines is 1. The number of benzene rings is 3. The predicted molar refractivity (Wildman–Crippen MR) is 131 cm³/mol. The van der Waals surface area contributed by atoms with Gasteiger partial charge in [0.15, 0.2) is 0 Å². The van der Waals surface area contributed by atoms with Crippen LogP contribution in [0.3, 0.4) is 0 Å². The summed E-state index contributed by atoms with van der Waals surface area (Å²) < 4.78 is 20.4. The summed E-state index contributed by atoms with van der Waals surface area (Å²) >= 11 is 0. The van der Waals surface area contributed by atoms with Crippen LogP contribution in [-0.2, 0) is 6.54 Å². The number of hydrogen-bond donors (Lipinski definition) is 4. The van der Waals surface area contributed by atoms with Crippen LogP contribution in [-0.4, -0.2) is 29.0 Å². The van der Waals surface area contributed by atoms with Crippen molar-refractivity contribution in [2.45, 2.75) is 13.5 Å². The fourth-order valence-corrected chi connectivity index (χ4v) is 4.19. The van der Waals surface area contributed by atoms with E-state index in [1.54, 1.807) is 54.7 Å². The van der Waals surface area contributed by atoms with Gasteiger partial charge in [-0.15, -0.1) is 0 Å². The molecule has 4 aromatic rings. The second-order valence-electron chi connectivity index (χ2n) is 8.09. The zero-order chi connectivity index (χ0) is 24.5. The largest absolute Gasteiger partial charge is 0.495 e. The summed E-state index contributed by atoms with van der Waals surface area (Å²) in [6.45, 7) is 2.17. The molecule has 0 unspecified atom stereocenters. The topological polar surface area (TPSA) is 108 Å². The normalized spacial score (nSPS) is 12.1. The van der Waals surface area contributed by atoms with E-state index in [4.69, 9.17) is 4.74 Å². The first-order valence-corrected chi connectivity index (χ1v) is 10.9. The average molecular weight is 471 g/mol. The van der Waals surface area contributed by atoms with E-state index in [2.05, 4.69) is 25.9 Å². The number of hydrogen-bond acceptors (Lipinski definition) is 4. The van der Waals surface area contributed by atoms with Crippen molar-refractivity contribution >= 4 is 23.3 Å². The number of nitrogens with zero attached hydrogens (tertiary/aromatic N) is 1. The molecule has 0 saturated heterocycles. The number of aromatic nitrogens is 2. The molecular formula is C26H22FN5O3. The number of carbonyl (C=O) groups excluding carboxylic acids is 2. The lowest BCUT2D eigenvalue weighted by Crippen LogP contribution is -2.19. The van der Waals surface area contributed by atoms with Crippen molar-refractivity contribution in [3.8, 4) is 28.3 Å². The van der Waals surface area contributed by atoms with Crippen molar-refractivity contribution in [3.63, 3.8) is 0 Å². The number of fused-ring (bicyclic) bond motifs is 1. The van der Waals surface area contributed by atoms with E-state index in [1.807, 2.05) is 6.92 Å². The number of rotatable bonds is 5. The molecule has 0 bridgehead atoms. The van der Waals surface area contributed by atoms with Gasteiger partial charge in [-0.25, -0.2) is 14.2 Å². The third-order valence-electron chi connectivity index (χ3n) is 5.80. The molecule has 0 atom stereocenters. The number of carbonyl (C=O) groups is 2. The van der Waals surface area contributed by atoms with Gasteiger partial charge in [0.05, 0.1) is 18.4 Å². The lowest BCUT2D eigenvalue weighted by atomic mass is 9.92. The number of ether oxygens (including phenoxy) is 1. The average Bonchev–Trinajstić information content (AvgIpc) is 3.45. The Kier molecular flexibility index (Phi) is 5.66. The molecular weight excluding hydrogens is 449 g/mol. The molecule has 3 amide bonds. The van der Waals surface area contributed by atoms with Crippen molar-refractivity contribution in [3.05, 3.63) is 83.4 Å². The van der Waals surface area contributed by atoms with Crippen LogP contribution in [0.4, 0.5) is 20.6 Å². The van der Waals surface area contributed by atoms with Gasteiger partial charge in [0, 0.05) is 35.2 Å². The maximum atomic E-state index is 15.2. The molecule has 2 heterocycles. The van der Waals surface area contributed by atoms with E-state index in [9.17, 15) is 9.59 Å². The molecule has 8 nitrogen and oxygen atoms in total. The van der Waals surface area contributed by atoms with Crippen LogP contribution >= 0.6 is 0 Å². The Morgan fingerprint density at radius 1 is 1.06 bits per heavy atom. The van der Waals surface area contributed by atoms with Gasteiger partial charge >= 0.3 is 6.03 Å². The molecule has 1 aliphatic rings. The first kappa shape index (κ1) is 22.1. The maximum absolute atomic E-state index is 15.2. The van der Waals surface area contributed by atoms with Gasteiger partial charge in [-0.1, -0.05) is 18.2 Å². The van der Waals surface area contributed by atoms with Crippen molar-refractivity contribution in [2.24, 2.45) is 0 Å². The number of urea groups is 1. The number of para-hydroxylation sites is 2. The molecule has 0 saturated carbocycles. The summed E-state index contributed by atoms with van der Waals surface area (Å²) in [6, 6.07) is 14.4. The number of halogens is 1. The highest BCUT2D eigenvalue weighted by Crippen LogP contribution is 2.37. The van der Waals surface area contributed by atoms with Gasteiger partial charge < -0.3 is 25.7 Å². The van der Waals surface area contributed by atoms with Crippen LogP contribution < -0.4 is 20.7 Å². The molecule has 35 heavy (non-hydrogen) atoms. The van der Waals surface area contributed by atoms with Crippen molar-refractivity contribution < 1.29 is 18.7 Å². The highest BCUT2D eigenvalue weighted by Gasteiger charge is 2.28. The molecule has 1 aromatic heterocycles. The SMILES string of the molecule is COc1ccccc1NC(=O)Nc1ccc(-c2ccc(-c3ncc(C)[nH]3)c3c2CNC3=O)c(F)c1. The number of imidazole rings is 1. The Balaban J connectivity index is 1.42. The van der Waals surface area contributed by atoms with Crippen LogP contribution in [0.2, 0.25) is 0 Å². The minimum Gasteiger partial charge on any atom is -0.495 e. The maximum Gasteiger partial charge on any atom is 0.323 e. The summed E-state index contributed by atoms with van der Waals surface area (Å²) in [6.07, 6.45) is 1.69. The second-order valence-corrected chi connectivity index (χ2v) is 8.09. The van der Waals surface area contributed by atoms with E-state index in [-0.39, 0.29) is 18.1 Å². The molecule has 0 aliphatic carbocycles. The zero-order valence-corrected chi connectivity index (χ0v) is 19.0. The molecule has 5 rings (SSSR count). The number of amides is 3. The van der Waals surface area contributed by atoms with Gasteiger partial charge in [0.2, 0.25) is 0 Å². The lowest BCUT2D eigenvalue weighted by Gasteiger charge is -2.13. The Hall–Kier alpha value is -4.66. The van der Waals surface area contributed by atoms with E-state index >= 15 is 4.39 Å². The number of methoxy groups -OCH3 is 1. The highest BCUT2D eigenvalue weighted by molar-refractivity contribution is 6.06. The first-order chi connectivity index (χ1) is 16.9. The standard InChI is InChI=1S/C26H22FN5O3/c1-14-12-28-24(30-14)18-10-9-16(19-13-29-25(33)23(18)19)17-8-7-15(11-20(17)27)31-26(34)32-21-5-3-4-6-22(21)35-2/h3-12H,13H2,1-2H3,(H,28,30)(H,29,33)(H2,31,32,34). The molecule has 176 valence electrons. The van der Waals surface area contributed by atoms with E-state index in [1.165, 1.54) is 13.2 Å². The Morgan fingerprint density at radius 2 is 1.83 bits per heavy atom. The molecule has 4 N–H and O–H groups in total. The van der Waals surface area contributed by atoms with Crippen LogP contribution in [0.15, 0.2) is 60.8 Å². The van der Waals surface area contributed by atoms with Crippen molar-refractivity contribution in [2.75, 3.05) is 17.7 Å². The zero-order valence-electron chi connectivity index (χ0n) is 19.0. The molecule has 1 aliphatic heterocycles. The second kappa shape index (κ2) is 8.94. The Labute approximate surface area is 200 Å². The highest BCUT2D eigenvalue weighted by atomic mass is 19.1. The molecule has 3 aromatic carbocycles. The van der Waals surface area contributed by atoms with Gasteiger partial charge in [-0.05, 0) is 54.4 Å². The van der Waals surface area contributed by atoms with Gasteiger partial charge in [0.25, 0.3) is 5.91 Å². The molecule has 9 heteroatoms. The first-order valence-electron chi connectivity index (χ1n) is 10.9. The monoisotopic (exact) mass is 471 g/mol. The van der Waals surface area contributed by atoms with E-state index in [0.717, 1.165) is 5.69 Å². The van der Waals surface area contributed by atoms with Gasteiger partial charge in [-0.3, -0.25) is 4.79 Å². The minimum absolute atomic E-state index is 0.224. The van der Waals surface area contributed by atoms with Gasteiger partial charge in [0.1, 0.15) is 17.4 Å². The number of H-pyrrole nitrogens is 1. The van der Waals surface area contributed by atoms with Crippen molar-refractivity contribution in [1.29, 1.82) is 0 Å². The van der Waals surface area contributed by atoms with Crippen LogP contribution in [0.5, 0.6) is 5.75 Å². The predicted octanol–water partition coefficient (Wildman–Crippen LogP) is 5.09. The molecule has 0 fully saturated rings. The smallest absolute Gasteiger partial charge is 0.323 e. The van der Waals surface area contributed by atoms with Crippen LogP contribution in [0.25, 0.3) is 22.5 Å². The third-order valence-corrected chi connectivity index (χ3v) is 5.80. The van der Waals surface area contributed by atoms with Crippen LogP contribution in [0.1, 0.15) is 21.6 Å². The Bertz CT molecular complexity index is 1460. The van der Waals surface area contributed by atoms with E-state index in [0.29, 0.717) is 45.1 Å².